The number of amides is 1. The number of ether oxygens (including phenoxy) is 1. The van der Waals surface area contributed by atoms with Gasteiger partial charge in [-0.25, -0.2) is 4.79 Å². The van der Waals surface area contributed by atoms with Crippen molar-refractivity contribution in [3.05, 3.63) is 47.5 Å². The van der Waals surface area contributed by atoms with Gasteiger partial charge in [-0.15, -0.1) is 0 Å². The van der Waals surface area contributed by atoms with Crippen LogP contribution in [0, 0.1) is 5.92 Å². The first-order chi connectivity index (χ1) is 12.7. The molecule has 0 bridgehead atoms. The molecule has 1 aliphatic heterocycles. The zero-order valence-corrected chi connectivity index (χ0v) is 15.5. The molecule has 0 aromatic heterocycles. The quantitative estimate of drug-likeness (QED) is 0.601. The maximum absolute atomic E-state index is 12.5. The number of carbonyl (C=O) groups excluding carboxylic acids is 2. The van der Waals surface area contributed by atoms with E-state index in [9.17, 15) is 9.59 Å². The third-order valence-corrected chi connectivity index (χ3v) is 5.32. The molecule has 26 heavy (non-hydrogen) atoms. The summed E-state index contributed by atoms with van der Waals surface area (Å²) in [7, 11) is 1.38. The van der Waals surface area contributed by atoms with E-state index in [1.807, 2.05) is 17.0 Å². The molecule has 0 N–H and O–H groups in total. The summed E-state index contributed by atoms with van der Waals surface area (Å²) in [6, 6.07) is 7.31. The Hall–Kier alpha value is -2.14. The van der Waals surface area contributed by atoms with E-state index in [-0.39, 0.29) is 11.9 Å². The van der Waals surface area contributed by atoms with Gasteiger partial charge in [0.25, 0.3) is 0 Å². The van der Waals surface area contributed by atoms with Crippen LogP contribution in [0.3, 0.4) is 0 Å². The summed E-state index contributed by atoms with van der Waals surface area (Å²) in [4.78, 5) is 28.4. The van der Waals surface area contributed by atoms with Crippen LogP contribution in [-0.2, 0) is 16.1 Å². The largest absolute Gasteiger partial charge is 0.465 e. The number of carbonyl (C=O) groups is 2. The van der Waals surface area contributed by atoms with Crippen molar-refractivity contribution in [3.63, 3.8) is 0 Å². The average molecular weight is 356 g/mol. The molecule has 3 rings (SSSR count). The second kappa shape index (κ2) is 8.99. The Morgan fingerprint density at radius 1 is 1.15 bits per heavy atom. The number of allylic oxidation sites excluding steroid dienone is 2. The van der Waals surface area contributed by atoms with Gasteiger partial charge in [-0.1, -0.05) is 24.3 Å². The number of hydrogen-bond acceptors (Lipinski definition) is 4. The summed E-state index contributed by atoms with van der Waals surface area (Å²) in [5.74, 6) is 0.608. The van der Waals surface area contributed by atoms with Gasteiger partial charge in [-0.05, 0) is 42.9 Å². The van der Waals surface area contributed by atoms with Crippen LogP contribution in [0.15, 0.2) is 36.4 Å². The summed E-state index contributed by atoms with van der Waals surface area (Å²) in [6.07, 6.45) is 8.77. The molecule has 0 spiro atoms. The Bertz CT molecular complexity index is 654. The van der Waals surface area contributed by atoms with Gasteiger partial charge >= 0.3 is 5.97 Å². The maximum Gasteiger partial charge on any atom is 0.337 e. The van der Waals surface area contributed by atoms with Crippen molar-refractivity contribution in [2.45, 2.75) is 32.2 Å². The second-order valence-electron chi connectivity index (χ2n) is 7.20. The van der Waals surface area contributed by atoms with E-state index in [0.29, 0.717) is 18.5 Å². The molecule has 1 aromatic rings. The van der Waals surface area contributed by atoms with Crippen LogP contribution in [0.4, 0.5) is 0 Å². The van der Waals surface area contributed by atoms with Crippen molar-refractivity contribution in [1.29, 1.82) is 0 Å². The van der Waals surface area contributed by atoms with Crippen LogP contribution in [-0.4, -0.2) is 55.0 Å². The van der Waals surface area contributed by atoms with E-state index in [2.05, 4.69) is 17.1 Å². The average Bonchev–Trinajstić information content (AvgIpc) is 2.85. The lowest BCUT2D eigenvalue weighted by Crippen LogP contribution is -2.34. The van der Waals surface area contributed by atoms with Crippen LogP contribution in [0.5, 0.6) is 0 Å². The highest BCUT2D eigenvalue weighted by atomic mass is 16.5. The smallest absolute Gasteiger partial charge is 0.337 e. The lowest BCUT2D eigenvalue weighted by molar-refractivity contribution is -0.130. The molecule has 0 radical (unpaired) electrons. The van der Waals surface area contributed by atoms with Crippen LogP contribution in [0.1, 0.15) is 41.6 Å². The highest BCUT2D eigenvalue weighted by molar-refractivity contribution is 5.89. The summed E-state index contributed by atoms with van der Waals surface area (Å²) in [6.45, 7) is 4.25. The molecule has 5 heteroatoms. The number of nitrogens with zero attached hydrogens (tertiary/aromatic N) is 2. The maximum atomic E-state index is 12.5. The lowest BCUT2D eigenvalue weighted by Gasteiger charge is -2.27. The van der Waals surface area contributed by atoms with Gasteiger partial charge in [-0.2, -0.15) is 0 Å². The Morgan fingerprint density at radius 2 is 1.96 bits per heavy atom. The topological polar surface area (TPSA) is 49.9 Å². The molecule has 1 fully saturated rings. The van der Waals surface area contributed by atoms with Crippen molar-refractivity contribution >= 4 is 11.9 Å². The third kappa shape index (κ3) is 4.94. The van der Waals surface area contributed by atoms with E-state index < -0.39 is 0 Å². The Kier molecular flexibility index (Phi) is 6.45. The van der Waals surface area contributed by atoms with Gasteiger partial charge in [0, 0.05) is 39.1 Å². The zero-order valence-electron chi connectivity index (χ0n) is 15.5. The highest BCUT2D eigenvalue weighted by Crippen LogP contribution is 2.20. The van der Waals surface area contributed by atoms with Gasteiger partial charge in [-0.3, -0.25) is 4.79 Å². The molecule has 1 aliphatic carbocycles. The fourth-order valence-corrected chi connectivity index (χ4v) is 3.73. The van der Waals surface area contributed by atoms with Crippen LogP contribution < -0.4 is 0 Å². The summed E-state index contributed by atoms with van der Waals surface area (Å²) < 4.78 is 4.72. The molecule has 1 heterocycles. The van der Waals surface area contributed by atoms with Gasteiger partial charge in [0.2, 0.25) is 5.91 Å². The summed E-state index contributed by atoms with van der Waals surface area (Å²) >= 11 is 0. The first-order valence-electron chi connectivity index (χ1n) is 9.48. The minimum absolute atomic E-state index is 0.216. The minimum atomic E-state index is -0.337. The van der Waals surface area contributed by atoms with Crippen LogP contribution >= 0.6 is 0 Å². The fraction of sp³-hybridized carbons (Fsp3) is 0.524. The van der Waals surface area contributed by atoms with Gasteiger partial charge in [0.05, 0.1) is 12.7 Å². The van der Waals surface area contributed by atoms with Crippen molar-refractivity contribution in [2.75, 3.05) is 33.3 Å². The normalized spacial score (nSPS) is 21.5. The van der Waals surface area contributed by atoms with Crippen molar-refractivity contribution in [2.24, 2.45) is 5.92 Å². The van der Waals surface area contributed by atoms with Crippen molar-refractivity contribution < 1.29 is 14.3 Å². The van der Waals surface area contributed by atoms with Crippen LogP contribution in [0.2, 0.25) is 0 Å². The zero-order chi connectivity index (χ0) is 18.4. The fourth-order valence-electron chi connectivity index (χ4n) is 3.73. The first-order valence-corrected chi connectivity index (χ1v) is 9.48. The van der Waals surface area contributed by atoms with Gasteiger partial charge in [0.15, 0.2) is 0 Å². The molecular weight excluding hydrogens is 328 g/mol. The molecule has 5 nitrogen and oxygen atoms in total. The van der Waals surface area contributed by atoms with E-state index in [4.69, 9.17) is 4.74 Å². The molecule has 140 valence electrons. The molecule has 0 saturated carbocycles. The number of rotatable bonds is 5. The summed E-state index contributed by atoms with van der Waals surface area (Å²) in [5.41, 5.74) is 1.57. The monoisotopic (exact) mass is 356 g/mol. The molecule has 1 unspecified atom stereocenters. The highest BCUT2D eigenvalue weighted by Gasteiger charge is 2.23. The van der Waals surface area contributed by atoms with E-state index >= 15 is 0 Å². The van der Waals surface area contributed by atoms with E-state index in [0.717, 1.165) is 37.7 Å². The third-order valence-electron chi connectivity index (χ3n) is 5.32. The molecular formula is C21H28N2O3. The number of hydrogen-bond donors (Lipinski definition) is 0. The number of esters is 1. The SMILES string of the molecule is COC(=O)c1ccc(CN2CCN(CC3CC=CCC3)CCC2=O)cc1. The van der Waals surface area contributed by atoms with Crippen molar-refractivity contribution in [3.8, 4) is 0 Å². The standard InChI is InChI=1S/C21H28N2O3/c1-26-21(25)19-9-7-18(8-10-19)16-23-14-13-22(12-11-20(23)24)15-17-5-3-2-4-6-17/h2-3,7-10,17H,4-6,11-16H2,1H3. The lowest BCUT2D eigenvalue weighted by atomic mass is 9.94. The van der Waals surface area contributed by atoms with Crippen molar-refractivity contribution in [1.82, 2.24) is 9.80 Å². The molecule has 1 saturated heterocycles. The van der Waals surface area contributed by atoms with E-state index in [1.54, 1.807) is 12.1 Å². The second-order valence-corrected chi connectivity index (χ2v) is 7.20. The Morgan fingerprint density at radius 3 is 2.65 bits per heavy atom. The summed E-state index contributed by atoms with van der Waals surface area (Å²) in [5, 5.41) is 0. The Balaban J connectivity index is 1.54. The predicted octanol–water partition coefficient (Wildman–Crippen LogP) is 2.86. The van der Waals surface area contributed by atoms with Crippen LogP contribution in [0.25, 0.3) is 0 Å². The minimum Gasteiger partial charge on any atom is -0.465 e. The Labute approximate surface area is 155 Å². The molecule has 1 amide bonds. The predicted molar refractivity (Wildman–Crippen MR) is 101 cm³/mol. The van der Waals surface area contributed by atoms with E-state index in [1.165, 1.54) is 26.4 Å². The van der Waals surface area contributed by atoms with Gasteiger partial charge < -0.3 is 14.5 Å². The number of methoxy groups -OCH3 is 1. The molecule has 2 aliphatic rings. The number of benzene rings is 1. The van der Waals surface area contributed by atoms with Gasteiger partial charge in [0.1, 0.15) is 0 Å². The first kappa shape index (κ1) is 18.6. The molecule has 1 atom stereocenters. The molecule has 1 aromatic carbocycles.